The van der Waals surface area contributed by atoms with E-state index in [4.69, 9.17) is 5.11 Å². The maximum atomic E-state index is 10.9. The maximum Gasteiger partial charge on any atom is 0.320 e. The van der Waals surface area contributed by atoms with Crippen LogP contribution in [0.15, 0.2) is 10.9 Å². The Morgan fingerprint density at radius 2 is 2.64 bits per heavy atom. The largest absolute Gasteiger partial charge is 0.480 e. The summed E-state index contributed by atoms with van der Waals surface area (Å²) in [6, 6.07) is -0.392. The molecule has 0 radical (unpaired) electrons. The van der Waals surface area contributed by atoms with Gasteiger partial charge in [0.1, 0.15) is 6.04 Å². The van der Waals surface area contributed by atoms with Crippen LogP contribution < -0.4 is 5.32 Å². The van der Waals surface area contributed by atoms with Gasteiger partial charge in [-0.1, -0.05) is 0 Å². The van der Waals surface area contributed by atoms with E-state index in [0.717, 1.165) is 25.1 Å². The molecule has 0 aliphatic carbocycles. The van der Waals surface area contributed by atoms with E-state index < -0.39 is 12.0 Å². The standard InChI is InChI=1S/C9H12N2O2S/c12-9(13)8-6(1-2-10-8)3-7-4-14-5-11-7/h4-6,8,10H,1-3H2,(H,12,13)/t6?,8-/m0/s1. The van der Waals surface area contributed by atoms with Crippen LogP contribution in [0.1, 0.15) is 12.1 Å². The summed E-state index contributed by atoms with van der Waals surface area (Å²) in [5.41, 5.74) is 2.79. The number of aromatic nitrogens is 1. The van der Waals surface area contributed by atoms with Gasteiger partial charge in [-0.3, -0.25) is 4.79 Å². The monoisotopic (exact) mass is 212 g/mol. The number of carbonyl (C=O) groups is 1. The highest BCUT2D eigenvalue weighted by Gasteiger charge is 2.32. The van der Waals surface area contributed by atoms with Crippen LogP contribution in [-0.2, 0) is 11.2 Å². The highest BCUT2D eigenvalue weighted by molar-refractivity contribution is 7.07. The highest BCUT2D eigenvalue weighted by atomic mass is 32.1. The molecule has 1 fully saturated rings. The van der Waals surface area contributed by atoms with Gasteiger partial charge >= 0.3 is 5.97 Å². The van der Waals surface area contributed by atoms with E-state index in [9.17, 15) is 4.79 Å². The molecule has 1 unspecified atom stereocenters. The lowest BCUT2D eigenvalue weighted by Gasteiger charge is -2.13. The van der Waals surface area contributed by atoms with Crippen molar-refractivity contribution in [1.29, 1.82) is 0 Å². The van der Waals surface area contributed by atoms with E-state index in [1.54, 1.807) is 16.8 Å². The number of hydrogen-bond donors (Lipinski definition) is 2. The van der Waals surface area contributed by atoms with Crippen molar-refractivity contribution >= 4 is 17.3 Å². The van der Waals surface area contributed by atoms with Gasteiger partial charge in [0, 0.05) is 5.38 Å². The van der Waals surface area contributed by atoms with Crippen molar-refractivity contribution in [2.45, 2.75) is 18.9 Å². The Bertz CT molecular complexity index is 313. The summed E-state index contributed by atoms with van der Waals surface area (Å²) in [6.07, 6.45) is 1.70. The molecule has 1 aromatic rings. The van der Waals surface area contributed by atoms with Crippen molar-refractivity contribution in [2.75, 3.05) is 6.54 Å². The van der Waals surface area contributed by atoms with Crippen molar-refractivity contribution in [3.05, 3.63) is 16.6 Å². The van der Waals surface area contributed by atoms with Crippen LogP contribution in [0.4, 0.5) is 0 Å². The molecule has 5 heteroatoms. The zero-order chi connectivity index (χ0) is 9.97. The number of thiazole rings is 1. The smallest absolute Gasteiger partial charge is 0.320 e. The molecule has 2 heterocycles. The first-order valence-corrected chi connectivity index (χ1v) is 5.55. The number of nitrogens with zero attached hydrogens (tertiary/aromatic N) is 1. The molecule has 0 amide bonds. The second-order valence-corrected chi connectivity index (χ2v) is 4.22. The normalized spacial score (nSPS) is 26.6. The molecule has 2 rings (SSSR count). The van der Waals surface area contributed by atoms with Gasteiger partial charge in [-0.25, -0.2) is 4.98 Å². The van der Waals surface area contributed by atoms with Crippen LogP contribution in [0.2, 0.25) is 0 Å². The Hall–Kier alpha value is -0.940. The summed E-state index contributed by atoms with van der Waals surface area (Å²) < 4.78 is 0. The summed E-state index contributed by atoms with van der Waals surface area (Å²) in [4.78, 5) is 15.0. The van der Waals surface area contributed by atoms with Crippen molar-refractivity contribution in [2.24, 2.45) is 5.92 Å². The van der Waals surface area contributed by atoms with E-state index in [1.807, 2.05) is 5.38 Å². The Labute approximate surface area is 86.0 Å². The summed E-state index contributed by atoms with van der Waals surface area (Å²) in [5, 5.41) is 13.9. The molecular weight excluding hydrogens is 200 g/mol. The van der Waals surface area contributed by atoms with Gasteiger partial charge in [0.2, 0.25) is 0 Å². The van der Waals surface area contributed by atoms with Gasteiger partial charge in [0.15, 0.2) is 0 Å². The maximum absolute atomic E-state index is 10.9. The summed E-state index contributed by atoms with van der Waals surface area (Å²) in [6.45, 7) is 0.797. The van der Waals surface area contributed by atoms with Gasteiger partial charge in [0.05, 0.1) is 11.2 Å². The minimum absolute atomic E-state index is 0.189. The SMILES string of the molecule is O=C(O)[C@H]1NCCC1Cc1cscn1. The van der Waals surface area contributed by atoms with E-state index in [0.29, 0.717) is 0 Å². The minimum Gasteiger partial charge on any atom is -0.480 e. The molecule has 1 aliphatic rings. The molecule has 1 aromatic heterocycles. The van der Waals surface area contributed by atoms with E-state index >= 15 is 0 Å². The second-order valence-electron chi connectivity index (χ2n) is 3.50. The molecule has 76 valence electrons. The van der Waals surface area contributed by atoms with Crippen LogP contribution >= 0.6 is 11.3 Å². The molecule has 2 N–H and O–H groups in total. The average molecular weight is 212 g/mol. The van der Waals surface area contributed by atoms with E-state index in [1.165, 1.54) is 0 Å². The topological polar surface area (TPSA) is 62.2 Å². The van der Waals surface area contributed by atoms with Crippen molar-refractivity contribution in [1.82, 2.24) is 10.3 Å². The van der Waals surface area contributed by atoms with Crippen LogP contribution in [0.3, 0.4) is 0 Å². The third kappa shape index (κ3) is 1.93. The van der Waals surface area contributed by atoms with Crippen molar-refractivity contribution < 1.29 is 9.90 Å². The quantitative estimate of drug-likeness (QED) is 0.776. The third-order valence-corrected chi connectivity index (χ3v) is 3.21. The second kappa shape index (κ2) is 4.06. The number of hydrogen-bond acceptors (Lipinski definition) is 4. The van der Waals surface area contributed by atoms with Gasteiger partial charge in [-0.2, -0.15) is 0 Å². The Kier molecular flexibility index (Phi) is 2.79. The molecule has 2 atom stereocenters. The van der Waals surface area contributed by atoms with Gasteiger partial charge in [-0.05, 0) is 25.3 Å². The molecule has 1 saturated heterocycles. The molecule has 0 saturated carbocycles. The van der Waals surface area contributed by atoms with Crippen molar-refractivity contribution in [3.8, 4) is 0 Å². The molecule has 4 nitrogen and oxygen atoms in total. The Balaban J connectivity index is 2.00. The zero-order valence-corrected chi connectivity index (χ0v) is 8.46. The summed E-state index contributed by atoms with van der Waals surface area (Å²) in [5.74, 6) is -0.558. The summed E-state index contributed by atoms with van der Waals surface area (Å²) in [7, 11) is 0. The van der Waals surface area contributed by atoms with Gasteiger partial charge in [0.25, 0.3) is 0 Å². The average Bonchev–Trinajstić information content (AvgIpc) is 2.75. The van der Waals surface area contributed by atoms with Gasteiger partial charge < -0.3 is 10.4 Å². The van der Waals surface area contributed by atoms with E-state index in [-0.39, 0.29) is 5.92 Å². The third-order valence-electron chi connectivity index (χ3n) is 2.57. The Morgan fingerprint density at radius 3 is 3.29 bits per heavy atom. The van der Waals surface area contributed by atoms with Crippen LogP contribution in [0.25, 0.3) is 0 Å². The fraction of sp³-hybridized carbons (Fsp3) is 0.556. The number of rotatable bonds is 3. The molecule has 0 aromatic carbocycles. The summed E-state index contributed by atoms with van der Waals surface area (Å²) >= 11 is 1.55. The fourth-order valence-electron chi connectivity index (χ4n) is 1.87. The molecule has 0 bridgehead atoms. The number of carboxylic acid groups (broad SMARTS) is 1. The minimum atomic E-state index is -0.747. The lowest BCUT2D eigenvalue weighted by molar-refractivity contribution is -0.140. The first kappa shape index (κ1) is 9.61. The lowest BCUT2D eigenvalue weighted by Crippen LogP contribution is -2.36. The highest BCUT2D eigenvalue weighted by Crippen LogP contribution is 2.20. The molecule has 0 spiro atoms. The first-order chi connectivity index (χ1) is 6.77. The molecule has 1 aliphatic heterocycles. The molecule has 14 heavy (non-hydrogen) atoms. The van der Waals surface area contributed by atoms with Crippen LogP contribution in [-0.4, -0.2) is 28.6 Å². The predicted molar refractivity (Wildman–Crippen MR) is 53.4 cm³/mol. The van der Waals surface area contributed by atoms with Crippen LogP contribution in [0.5, 0.6) is 0 Å². The zero-order valence-electron chi connectivity index (χ0n) is 7.64. The predicted octanol–water partition coefficient (Wildman–Crippen LogP) is 0.748. The number of nitrogens with one attached hydrogen (secondary N) is 1. The lowest BCUT2D eigenvalue weighted by atomic mass is 9.96. The van der Waals surface area contributed by atoms with Gasteiger partial charge in [-0.15, -0.1) is 11.3 Å². The fourth-order valence-corrected chi connectivity index (χ4v) is 2.44. The number of aliphatic carboxylic acids is 1. The first-order valence-electron chi connectivity index (χ1n) is 4.60. The van der Waals surface area contributed by atoms with Crippen molar-refractivity contribution in [3.63, 3.8) is 0 Å². The molecular formula is C9H12N2O2S. The van der Waals surface area contributed by atoms with Crippen LogP contribution in [0, 0.1) is 5.92 Å². The van der Waals surface area contributed by atoms with E-state index in [2.05, 4.69) is 10.3 Å². The number of carboxylic acids is 1. The Morgan fingerprint density at radius 1 is 1.79 bits per heavy atom.